The van der Waals surface area contributed by atoms with Gasteiger partial charge in [-0.2, -0.15) is 0 Å². The van der Waals surface area contributed by atoms with E-state index in [0.717, 1.165) is 0 Å². The van der Waals surface area contributed by atoms with Crippen LogP contribution in [0.2, 0.25) is 0 Å². The van der Waals surface area contributed by atoms with E-state index in [-0.39, 0.29) is 0 Å². The normalized spacial score (nSPS) is 25.5. The van der Waals surface area contributed by atoms with E-state index in [2.05, 4.69) is 49.2 Å². The molecule has 19 heavy (non-hydrogen) atoms. The Bertz CT molecular complexity index is 355. The van der Waals surface area contributed by atoms with Crippen LogP contribution < -0.4 is 5.73 Å². The van der Waals surface area contributed by atoms with Gasteiger partial charge in [-0.25, -0.2) is 0 Å². The zero-order valence-electron chi connectivity index (χ0n) is 12.4. The van der Waals surface area contributed by atoms with Gasteiger partial charge in [0, 0.05) is 18.1 Å². The van der Waals surface area contributed by atoms with E-state index in [0.29, 0.717) is 18.1 Å². The van der Waals surface area contributed by atoms with Crippen LogP contribution in [-0.4, -0.2) is 24.0 Å². The Hall–Kier alpha value is -0.860. The average Bonchev–Trinajstić information content (AvgIpc) is 2.46. The lowest BCUT2D eigenvalue weighted by Crippen LogP contribution is -2.40. The van der Waals surface area contributed by atoms with Crippen LogP contribution >= 0.6 is 0 Å². The maximum atomic E-state index is 6.02. The standard InChI is InChI=1S/C17H28N2/c1-3-7-17(14-8-5-4-6-9-14)19(2)16-12-10-15(18)11-13-16/h4-6,8-9,15-17H,3,7,10-13,18H2,1-2H3. The molecule has 2 N–H and O–H groups in total. The molecule has 1 aromatic carbocycles. The molecule has 0 radical (unpaired) electrons. The van der Waals surface area contributed by atoms with E-state index in [4.69, 9.17) is 5.73 Å². The number of hydrogen-bond donors (Lipinski definition) is 1. The molecule has 0 amide bonds. The summed E-state index contributed by atoms with van der Waals surface area (Å²) < 4.78 is 0. The molecular weight excluding hydrogens is 232 g/mol. The summed E-state index contributed by atoms with van der Waals surface area (Å²) in [5, 5.41) is 0. The molecule has 0 spiro atoms. The minimum atomic E-state index is 0.436. The molecule has 2 rings (SSSR count). The maximum Gasteiger partial charge on any atom is 0.0347 e. The molecule has 0 saturated heterocycles. The van der Waals surface area contributed by atoms with Crippen LogP contribution in [0, 0.1) is 0 Å². The van der Waals surface area contributed by atoms with Crippen LogP contribution in [-0.2, 0) is 0 Å². The summed E-state index contributed by atoms with van der Waals surface area (Å²) in [6.07, 6.45) is 7.35. The molecule has 1 aromatic rings. The van der Waals surface area contributed by atoms with Crippen LogP contribution in [0.15, 0.2) is 30.3 Å². The number of rotatable bonds is 5. The first-order valence-electron chi connectivity index (χ1n) is 7.74. The van der Waals surface area contributed by atoms with E-state index >= 15 is 0 Å². The van der Waals surface area contributed by atoms with Crippen molar-refractivity contribution < 1.29 is 0 Å². The lowest BCUT2D eigenvalue weighted by atomic mass is 9.89. The summed E-state index contributed by atoms with van der Waals surface area (Å²) in [4.78, 5) is 2.60. The Kier molecular flexibility index (Phi) is 5.41. The highest BCUT2D eigenvalue weighted by atomic mass is 15.2. The summed E-state index contributed by atoms with van der Waals surface area (Å²) >= 11 is 0. The quantitative estimate of drug-likeness (QED) is 0.874. The van der Waals surface area contributed by atoms with Gasteiger partial charge in [0.25, 0.3) is 0 Å². The largest absolute Gasteiger partial charge is 0.328 e. The van der Waals surface area contributed by atoms with E-state index in [1.54, 1.807) is 0 Å². The Labute approximate surface area is 118 Å². The number of benzene rings is 1. The van der Waals surface area contributed by atoms with Crippen LogP contribution in [0.5, 0.6) is 0 Å². The molecule has 0 aromatic heterocycles. The van der Waals surface area contributed by atoms with Crippen LogP contribution in [0.1, 0.15) is 57.1 Å². The predicted molar refractivity (Wildman–Crippen MR) is 82.1 cm³/mol. The van der Waals surface area contributed by atoms with Gasteiger partial charge in [0.2, 0.25) is 0 Å². The molecular formula is C17H28N2. The molecule has 0 heterocycles. The van der Waals surface area contributed by atoms with Gasteiger partial charge in [0.1, 0.15) is 0 Å². The molecule has 1 aliphatic carbocycles. The van der Waals surface area contributed by atoms with E-state index in [1.807, 2.05) is 0 Å². The van der Waals surface area contributed by atoms with Crippen molar-refractivity contribution in [3.05, 3.63) is 35.9 Å². The highest BCUT2D eigenvalue weighted by Crippen LogP contribution is 2.31. The highest BCUT2D eigenvalue weighted by Gasteiger charge is 2.26. The summed E-state index contributed by atoms with van der Waals surface area (Å²) in [5.41, 5.74) is 7.48. The molecule has 1 unspecified atom stereocenters. The monoisotopic (exact) mass is 260 g/mol. The van der Waals surface area contributed by atoms with Crippen molar-refractivity contribution >= 4 is 0 Å². The zero-order chi connectivity index (χ0) is 13.7. The first kappa shape index (κ1) is 14.5. The molecule has 2 nitrogen and oxygen atoms in total. The third kappa shape index (κ3) is 3.80. The molecule has 1 atom stereocenters. The number of nitrogens with zero attached hydrogens (tertiary/aromatic N) is 1. The molecule has 2 heteroatoms. The van der Waals surface area contributed by atoms with Gasteiger partial charge in [0.15, 0.2) is 0 Å². The topological polar surface area (TPSA) is 29.3 Å². The second-order valence-electron chi connectivity index (χ2n) is 5.95. The van der Waals surface area contributed by atoms with E-state index in [1.165, 1.54) is 44.1 Å². The van der Waals surface area contributed by atoms with Crippen molar-refractivity contribution in [3.8, 4) is 0 Å². The SMILES string of the molecule is CCCC(c1ccccc1)N(C)C1CCC(N)CC1. The van der Waals surface area contributed by atoms with Crippen molar-refractivity contribution in [2.24, 2.45) is 5.73 Å². The summed E-state index contributed by atoms with van der Waals surface area (Å²) in [6, 6.07) is 12.7. The van der Waals surface area contributed by atoms with Crippen LogP contribution in [0.3, 0.4) is 0 Å². The molecule has 1 saturated carbocycles. The Balaban J connectivity index is 2.06. The second kappa shape index (κ2) is 7.06. The molecule has 1 aliphatic rings. The highest BCUT2D eigenvalue weighted by molar-refractivity contribution is 5.19. The van der Waals surface area contributed by atoms with Crippen LogP contribution in [0.25, 0.3) is 0 Å². The maximum absolute atomic E-state index is 6.02. The van der Waals surface area contributed by atoms with Crippen molar-refractivity contribution in [1.29, 1.82) is 0 Å². The van der Waals surface area contributed by atoms with Crippen LogP contribution in [0.4, 0.5) is 0 Å². The van der Waals surface area contributed by atoms with Crippen molar-refractivity contribution in [3.63, 3.8) is 0 Å². The summed E-state index contributed by atoms with van der Waals surface area (Å²) in [7, 11) is 2.30. The van der Waals surface area contributed by atoms with E-state index < -0.39 is 0 Å². The van der Waals surface area contributed by atoms with Gasteiger partial charge in [-0.1, -0.05) is 43.7 Å². The summed E-state index contributed by atoms with van der Waals surface area (Å²) in [5.74, 6) is 0. The van der Waals surface area contributed by atoms with Gasteiger partial charge in [-0.05, 0) is 44.7 Å². The lowest BCUT2D eigenvalue weighted by Gasteiger charge is -2.38. The molecule has 106 valence electrons. The minimum absolute atomic E-state index is 0.436. The fourth-order valence-electron chi connectivity index (χ4n) is 3.32. The third-order valence-electron chi connectivity index (χ3n) is 4.56. The molecule has 0 bridgehead atoms. The first-order valence-corrected chi connectivity index (χ1v) is 7.74. The molecule has 1 fully saturated rings. The van der Waals surface area contributed by atoms with Crippen molar-refractivity contribution in [2.75, 3.05) is 7.05 Å². The van der Waals surface area contributed by atoms with Gasteiger partial charge >= 0.3 is 0 Å². The second-order valence-corrected chi connectivity index (χ2v) is 5.95. The predicted octanol–water partition coefficient (Wildman–Crippen LogP) is 3.73. The van der Waals surface area contributed by atoms with Crippen molar-refractivity contribution in [1.82, 2.24) is 4.90 Å². The number of nitrogens with two attached hydrogens (primary N) is 1. The third-order valence-corrected chi connectivity index (χ3v) is 4.56. The van der Waals surface area contributed by atoms with Crippen molar-refractivity contribution in [2.45, 2.75) is 63.6 Å². The number of hydrogen-bond acceptors (Lipinski definition) is 2. The van der Waals surface area contributed by atoms with Gasteiger partial charge < -0.3 is 5.73 Å². The summed E-state index contributed by atoms with van der Waals surface area (Å²) in [6.45, 7) is 2.28. The van der Waals surface area contributed by atoms with E-state index in [9.17, 15) is 0 Å². The fourth-order valence-corrected chi connectivity index (χ4v) is 3.32. The zero-order valence-corrected chi connectivity index (χ0v) is 12.4. The van der Waals surface area contributed by atoms with Gasteiger partial charge in [0.05, 0.1) is 0 Å². The Morgan fingerprint density at radius 1 is 1.16 bits per heavy atom. The lowest BCUT2D eigenvalue weighted by molar-refractivity contribution is 0.125. The molecule has 0 aliphatic heterocycles. The average molecular weight is 260 g/mol. The Morgan fingerprint density at radius 3 is 2.37 bits per heavy atom. The minimum Gasteiger partial charge on any atom is -0.328 e. The smallest absolute Gasteiger partial charge is 0.0347 e. The Morgan fingerprint density at radius 2 is 1.79 bits per heavy atom. The van der Waals surface area contributed by atoms with Gasteiger partial charge in [-0.15, -0.1) is 0 Å². The first-order chi connectivity index (χ1) is 9.22. The fraction of sp³-hybridized carbons (Fsp3) is 0.647. The van der Waals surface area contributed by atoms with Gasteiger partial charge in [-0.3, -0.25) is 4.90 Å².